The molecule has 24 heavy (non-hydrogen) atoms. The first kappa shape index (κ1) is 18.7. The summed E-state index contributed by atoms with van der Waals surface area (Å²) in [5.41, 5.74) is 0.272. The number of carbonyl (C=O) groups is 1. The maximum Gasteiger partial charge on any atom is 0.324 e. The first-order valence-corrected chi connectivity index (χ1v) is 8.97. The lowest BCUT2D eigenvalue weighted by Crippen LogP contribution is -2.58. The summed E-state index contributed by atoms with van der Waals surface area (Å²) in [4.78, 5) is 11.6. The molecule has 1 atom stereocenters. The standard InChI is InChI=1S/C16H23NO6S/c1-10-6-12(22-5)7-11(2)14(10)24(20,21)17-9-16(3,4)23-8-13(17)15(18)19/h6-7,13H,8-9H2,1-5H3,(H,18,19). The number of hydrogen-bond donors (Lipinski definition) is 1. The molecule has 7 nitrogen and oxygen atoms in total. The van der Waals surface area contributed by atoms with E-state index in [-0.39, 0.29) is 18.0 Å². The maximum absolute atomic E-state index is 13.2. The van der Waals surface area contributed by atoms with Gasteiger partial charge in [-0.05, 0) is 51.0 Å². The molecule has 0 radical (unpaired) electrons. The Morgan fingerprint density at radius 2 is 1.88 bits per heavy atom. The Morgan fingerprint density at radius 3 is 2.33 bits per heavy atom. The summed E-state index contributed by atoms with van der Waals surface area (Å²) in [6.07, 6.45) is 0. The fourth-order valence-corrected chi connectivity index (χ4v) is 5.05. The Kier molecular flexibility index (Phi) is 4.94. The molecule has 1 heterocycles. The average molecular weight is 357 g/mol. The van der Waals surface area contributed by atoms with Gasteiger partial charge in [0.2, 0.25) is 10.0 Å². The van der Waals surface area contributed by atoms with Crippen molar-refractivity contribution in [2.45, 2.75) is 44.2 Å². The zero-order valence-electron chi connectivity index (χ0n) is 14.5. The lowest BCUT2D eigenvalue weighted by atomic mass is 10.1. The fraction of sp³-hybridized carbons (Fsp3) is 0.562. The molecule has 1 aromatic carbocycles. The molecule has 1 N–H and O–H groups in total. The Bertz CT molecular complexity index is 733. The maximum atomic E-state index is 13.2. The predicted molar refractivity (Wildman–Crippen MR) is 87.8 cm³/mol. The Labute approximate surface area is 142 Å². The summed E-state index contributed by atoms with van der Waals surface area (Å²) >= 11 is 0. The van der Waals surface area contributed by atoms with Crippen LogP contribution in [0.2, 0.25) is 0 Å². The predicted octanol–water partition coefficient (Wildman–Crippen LogP) is 1.56. The lowest BCUT2D eigenvalue weighted by molar-refractivity contribution is -0.154. The van der Waals surface area contributed by atoms with Crippen LogP contribution in [0.25, 0.3) is 0 Å². The third-order valence-electron chi connectivity index (χ3n) is 4.04. The number of aryl methyl sites for hydroxylation is 2. The second-order valence-electron chi connectivity index (χ2n) is 6.57. The number of benzene rings is 1. The van der Waals surface area contributed by atoms with Gasteiger partial charge in [-0.3, -0.25) is 4.79 Å². The number of methoxy groups -OCH3 is 1. The van der Waals surface area contributed by atoms with E-state index in [2.05, 4.69) is 0 Å². The molecule has 0 saturated carbocycles. The summed E-state index contributed by atoms with van der Waals surface area (Å²) < 4.78 is 38.1. The molecule has 0 amide bonds. The summed E-state index contributed by atoms with van der Waals surface area (Å²) in [7, 11) is -2.49. The molecule has 1 aliphatic heterocycles. The van der Waals surface area contributed by atoms with Crippen LogP contribution in [0.3, 0.4) is 0 Å². The number of rotatable bonds is 4. The number of ether oxygens (including phenoxy) is 2. The topological polar surface area (TPSA) is 93.1 Å². The molecule has 2 rings (SSSR count). The van der Waals surface area contributed by atoms with E-state index < -0.39 is 27.6 Å². The number of carboxylic acid groups (broad SMARTS) is 1. The second-order valence-corrected chi connectivity index (χ2v) is 8.39. The SMILES string of the molecule is COc1cc(C)c(S(=O)(=O)N2CC(C)(C)OCC2C(=O)O)c(C)c1. The number of sulfonamides is 1. The number of hydrogen-bond acceptors (Lipinski definition) is 5. The normalized spacial score (nSPS) is 21.5. The highest BCUT2D eigenvalue weighted by Gasteiger charge is 2.45. The molecule has 1 fully saturated rings. The van der Waals surface area contributed by atoms with E-state index in [4.69, 9.17) is 9.47 Å². The van der Waals surface area contributed by atoms with Gasteiger partial charge in [0.15, 0.2) is 0 Å². The Balaban J connectivity index is 2.57. The minimum absolute atomic E-state index is 0.0305. The van der Waals surface area contributed by atoms with Crippen molar-refractivity contribution in [1.29, 1.82) is 0 Å². The number of carboxylic acids is 1. The van der Waals surface area contributed by atoms with Gasteiger partial charge in [0.05, 0.1) is 24.2 Å². The van der Waals surface area contributed by atoms with Crippen LogP contribution >= 0.6 is 0 Å². The van der Waals surface area contributed by atoms with Crippen LogP contribution in [0, 0.1) is 13.8 Å². The molecular formula is C16H23NO6S. The highest BCUT2D eigenvalue weighted by atomic mass is 32.2. The quantitative estimate of drug-likeness (QED) is 0.879. The van der Waals surface area contributed by atoms with Gasteiger partial charge in [-0.25, -0.2) is 8.42 Å². The van der Waals surface area contributed by atoms with Crippen LogP contribution in [0.5, 0.6) is 5.75 Å². The molecule has 1 aromatic rings. The van der Waals surface area contributed by atoms with E-state index >= 15 is 0 Å². The zero-order valence-corrected chi connectivity index (χ0v) is 15.3. The summed E-state index contributed by atoms with van der Waals surface area (Å²) in [6, 6.07) is 2.01. The number of morpholine rings is 1. The average Bonchev–Trinajstić information content (AvgIpc) is 2.44. The van der Waals surface area contributed by atoms with Crippen molar-refractivity contribution >= 4 is 16.0 Å². The first-order chi connectivity index (χ1) is 11.0. The van der Waals surface area contributed by atoms with Crippen LogP contribution in [-0.2, 0) is 19.6 Å². The van der Waals surface area contributed by atoms with Gasteiger partial charge in [0, 0.05) is 6.54 Å². The minimum Gasteiger partial charge on any atom is -0.497 e. The molecule has 1 unspecified atom stereocenters. The summed E-state index contributed by atoms with van der Waals surface area (Å²) in [5.74, 6) is -0.668. The van der Waals surface area contributed by atoms with Crippen molar-refractivity contribution in [3.05, 3.63) is 23.3 Å². The van der Waals surface area contributed by atoms with Gasteiger partial charge < -0.3 is 14.6 Å². The van der Waals surface area contributed by atoms with Gasteiger partial charge in [0.25, 0.3) is 0 Å². The second kappa shape index (κ2) is 6.34. The van der Waals surface area contributed by atoms with Crippen LogP contribution in [0.1, 0.15) is 25.0 Å². The van der Waals surface area contributed by atoms with Crippen molar-refractivity contribution in [2.24, 2.45) is 0 Å². The van der Waals surface area contributed by atoms with Gasteiger partial charge in [0.1, 0.15) is 11.8 Å². The molecule has 0 aliphatic carbocycles. The van der Waals surface area contributed by atoms with E-state index in [1.165, 1.54) is 7.11 Å². The van der Waals surface area contributed by atoms with E-state index in [0.717, 1.165) is 4.31 Å². The number of aliphatic carboxylic acids is 1. The van der Waals surface area contributed by atoms with E-state index in [0.29, 0.717) is 16.9 Å². The fourth-order valence-electron chi connectivity index (χ4n) is 2.92. The highest BCUT2D eigenvalue weighted by Crippen LogP contribution is 2.32. The van der Waals surface area contributed by atoms with E-state index in [1.54, 1.807) is 39.8 Å². The Hall–Kier alpha value is -1.64. The van der Waals surface area contributed by atoms with Crippen LogP contribution in [0.4, 0.5) is 0 Å². The third-order valence-corrected chi connectivity index (χ3v) is 6.20. The molecule has 0 bridgehead atoms. The molecule has 8 heteroatoms. The van der Waals surface area contributed by atoms with E-state index in [9.17, 15) is 18.3 Å². The molecule has 0 aromatic heterocycles. The largest absolute Gasteiger partial charge is 0.497 e. The minimum atomic E-state index is -4.00. The summed E-state index contributed by atoms with van der Waals surface area (Å²) in [5, 5.41) is 9.40. The van der Waals surface area contributed by atoms with Gasteiger partial charge in [-0.2, -0.15) is 4.31 Å². The van der Waals surface area contributed by atoms with Gasteiger partial charge in [-0.1, -0.05) is 0 Å². The highest BCUT2D eigenvalue weighted by molar-refractivity contribution is 7.89. The molecule has 0 spiro atoms. The van der Waals surface area contributed by atoms with Crippen molar-refractivity contribution in [2.75, 3.05) is 20.3 Å². The van der Waals surface area contributed by atoms with Crippen molar-refractivity contribution in [1.82, 2.24) is 4.31 Å². The smallest absolute Gasteiger partial charge is 0.324 e. The van der Waals surface area contributed by atoms with Crippen LogP contribution < -0.4 is 4.74 Å². The van der Waals surface area contributed by atoms with Gasteiger partial charge in [-0.15, -0.1) is 0 Å². The van der Waals surface area contributed by atoms with E-state index in [1.807, 2.05) is 0 Å². The van der Waals surface area contributed by atoms with Gasteiger partial charge >= 0.3 is 5.97 Å². The zero-order chi connectivity index (χ0) is 18.3. The first-order valence-electron chi connectivity index (χ1n) is 7.53. The molecule has 1 saturated heterocycles. The summed E-state index contributed by atoms with van der Waals surface area (Å²) in [6.45, 7) is 6.60. The van der Waals surface area contributed by atoms with Crippen molar-refractivity contribution < 1.29 is 27.8 Å². The third kappa shape index (κ3) is 3.40. The van der Waals surface area contributed by atoms with Crippen LogP contribution in [0.15, 0.2) is 17.0 Å². The molecule has 1 aliphatic rings. The number of nitrogens with zero attached hydrogens (tertiary/aromatic N) is 1. The lowest BCUT2D eigenvalue weighted by Gasteiger charge is -2.41. The molecule has 134 valence electrons. The van der Waals surface area contributed by atoms with Crippen molar-refractivity contribution in [3.63, 3.8) is 0 Å². The van der Waals surface area contributed by atoms with Crippen LogP contribution in [-0.4, -0.2) is 55.7 Å². The monoisotopic (exact) mass is 357 g/mol. The van der Waals surface area contributed by atoms with Crippen molar-refractivity contribution in [3.8, 4) is 5.75 Å². The Morgan fingerprint density at radius 1 is 1.33 bits per heavy atom. The molecular weight excluding hydrogens is 334 g/mol.